The molecule has 0 aliphatic carbocycles. The van der Waals surface area contributed by atoms with Crippen LogP contribution in [-0.2, 0) is 4.74 Å². The molecule has 0 bridgehead atoms. The molecule has 1 aromatic carbocycles. The summed E-state index contributed by atoms with van der Waals surface area (Å²) in [4.78, 5) is 27.4. The fourth-order valence-corrected chi connectivity index (χ4v) is 3.72. The lowest BCUT2D eigenvalue weighted by molar-refractivity contribution is 0.0381. The minimum Gasteiger partial charge on any atom is -0.478 e. The smallest absolute Gasteiger partial charge is 0.409 e. The average molecular weight is 405 g/mol. The van der Waals surface area contributed by atoms with Gasteiger partial charge in [0.1, 0.15) is 6.20 Å². The van der Waals surface area contributed by atoms with Crippen LogP contribution in [0.4, 0.5) is 10.5 Å². The normalized spacial score (nSPS) is 21.6. The molecule has 1 amide bonds. The number of carboxylic acid groups (broad SMARTS) is 1. The van der Waals surface area contributed by atoms with Gasteiger partial charge in [0.15, 0.2) is 5.69 Å². The molecular weight excluding hydrogens is 376 g/mol. The second kappa shape index (κ2) is 8.91. The van der Waals surface area contributed by atoms with E-state index in [-0.39, 0.29) is 16.2 Å². The number of unbranched alkanes of at least 4 members (excludes halogenated alkanes) is 1. The Hall–Kier alpha value is -2.46. The van der Waals surface area contributed by atoms with Crippen molar-refractivity contribution in [2.45, 2.75) is 19.8 Å². The lowest BCUT2D eigenvalue weighted by Gasteiger charge is -2.34. The minimum atomic E-state index is -0.986. The Bertz CT molecular complexity index is 804. The van der Waals surface area contributed by atoms with Crippen molar-refractivity contribution in [3.63, 3.8) is 0 Å². The van der Waals surface area contributed by atoms with Crippen LogP contribution in [0.5, 0.6) is 0 Å². The highest BCUT2D eigenvalue weighted by molar-refractivity contribution is 5.92. The van der Waals surface area contributed by atoms with Crippen molar-refractivity contribution in [2.24, 2.45) is 0 Å². The van der Waals surface area contributed by atoms with Crippen molar-refractivity contribution in [2.75, 3.05) is 46.4 Å². The molecule has 158 valence electrons. The van der Waals surface area contributed by atoms with E-state index in [0.717, 1.165) is 29.7 Å². The number of amides is 1. The number of quaternary nitrogens is 1. The number of nitrogens with one attached hydrogen (secondary N) is 1. The standard InChI is InChI=1S/C20H28N4O5/c1-3-4-11-29-20(27)23-9-7-22(8-10-23)13-16-14-24(2,21-28)18-6-5-15(19(25)26)12-17(16)18/h5-6,12,14,21,28H,3-4,7-11,13H2,1-2H3/p+1/t24-/m1/s1. The largest absolute Gasteiger partial charge is 0.478 e. The third-order valence-corrected chi connectivity index (χ3v) is 5.46. The van der Waals surface area contributed by atoms with Crippen LogP contribution < -0.4 is 10.2 Å². The van der Waals surface area contributed by atoms with Gasteiger partial charge in [-0.2, -0.15) is 4.59 Å². The summed E-state index contributed by atoms with van der Waals surface area (Å²) in [6.07, 6.45) is 3.47. The van der Waals surface area contributed by atoms with E-state index in [0.29, 0.717) is 39.3 Å². The van der Waals surface area contributed by atoms with Gasteiger partial charge < -0.3 is 14.7 Å². The molecule has 0 spiro atoms. The number of piperazine rings is 1. The van der Waals surface area contributed by atoms with Crippen molar-refractivity contribution in [3.05, 3.63) is 35.5 Å². The van der Waals surface area contributed by atoms with Crippen LogP contribution in [0.2, 0.25) is 0 Å². The number of ether oxygens (including phenoxy) is 1. The van der Waals surface area contributed by atoms with Gasteiger partial charge in [0.05, 0.1) is 19.2 Å². The summed E-state index contributed by atoms with van der Waals surface area (Å²) in [5.41, 5.74) is 5.01. The second-order valence-corrected chi connectivity index (χ2v) is 7.60. The van der Waals surface area contributed by atoms with Crippen LogP contribution in [0.15, 0.2) is 24.4 Å². The van der Waals surface area contributed by atoms with Gasteiger partial charge in [-0.3, -0.25) is 10.1 Å². The zero-order chi connectivity index (χ0) is 21.0. The molecule has 0 unspecified atom stereocenters. The van der Waals surface area contributed by atoms with E-state index in [1.54, 1.807) is 24.1 Å². The van der Waals surface area contributed by atoms with Crippen molar-refractivity contribution in [1.82, 2.24) is 20.0 Å². The average Bonchev–Trinajstić information content (AvgIpc) is 3.00. The topological polar surface area (TPSA) is 102 Å². The number of aromatic carboxylic acids is 1. The second-order valence-electron chi connectivity index (χ2n) is 7.60. The van der Waals surface area contributed by atoms with Crippen molar-refractivity contribution in [1.29, 1.82) is 0 Å². The van der Waals surface area contributed by atoms with Crippen molar-refractivity contribution < 1.29 is 24.6 Å². The summed E-state index contributed by atoms with van der Waals surface area (Å²) < 4.78 is 5.26. The van der Waals surface area contributed by atoms with E-state index in [1.165, 1.54) is 6.07 Å². The zero-order valence-corrected chi connectivity index (χ0v) is 16.9. The first-order chi connectivity index (χ1) is 13.9. The Morgan fingerprint density at radius 1 is 1.24 bits per heavy atom. The van der Waals surface area contributed by atoms with E-state index < -0.39 is 5.97 Å². The molecule has 3 rings (SSSR count). The lowest BCUT2D eigenvalue weighted by Crippen LogP contribution is -2.49. The number of hydrogen-bond donors (Lipinski definition) is 3. The van der Waals surface area contributed by atoms with Crippen LogP contribution in [0.25, 0.3) is 5.57 Å². The van der Waals surface area contributed by atoms with E-state index in [2.05, 4.69) is 17.4 Å². The molecule has 1 atom stereocenters. The van der Waals surface area contributed by atoms with Crippen LogP contribution >= 0.6 is 0 Å². The molecule has 2 heterocycles. The van der Waals surface area contributed by atoms with Gasteiger partial charge in [-0.05, 0) is 24.1 Å². The first-order valence-corrected chi connectivity index (χ1v) is 9.89. The maximum Gasteiger partial charge on any atom is 0.409 e. The summed E-state index contributed by atoms with van der Waals surface area (Å²) >= 11 is 0. The molecule has 1 saturated heterocycles. The third kappa shape index (κ3) is 4.59. The van der Waals surface area contributed by atoms with E-state index in [1.807, 2.05) is 6.20 Å². The number of nitrogens with zero attached hydrogens (tertiary/aromatic N) is 3. The predicted molar refractivity (Wildman–Crippen MR) is 108 cm³/mol. The highest BCUT2D eigenvalue weighted by Crippen LogP contribution is 2.38. The Morgan fingerprint density at radius 3 is 2.59 bits per heavy atom. The van der Waals surface area contributed by atoms with Crippen LogP contribution in [0.1, 0.15) is 35.7 Å². The van der Waals surface area contributed by atoms with Gasteiger partial charge in [0, 0.05) is 49.9 Å². The fraction of sp³-hybridized carbons (Fsp3) is 0.500. The number of hydrogen-bond acceptors (Lipinski definition) is 6. The number of carbonyl (C=O) groups excluding carboxylic acids is 1. The summed E-state index contributed by atoms with van der Waals surface area (Å²) in [6.45, 7) is 5.68. The predicted octanol–water partition coefficient (Wildman–Crippen LogP) is 2.12. The number of benzene rings is 1. The molecule has 9 heteroatoms. The molecule has 0 radical (unpaired) electrons. The summed E-state index contributed by atoms with van der Waals surface area (Å²) in [7, 11) is 1.79. The highest BCUT2D eigenvalue weighted by Gasteiger charge is 2.37. The van der Waals surface area contributed by atoms with Crippen LogP contribution in [-0.4, -0.2) is 78.6 Å². The first-order valence-electron chi connectivity index (χ1n) is 9.89. The fourth-order valence-electron chi connectivity index (χ4n) is 3.72. The molecule has 1 aromatic rings. The highest BCUT2D eigenvalue weighted by atomic mass is 16.6. The molecule has 29 heavy (non-hydrogen) atoms. The molecule has 3 N–H and O–H groups in total. The molecule has 1 fully saturated rings. The molecule has 2 aliphatic heterocycles. The van der Waals surface area contributed by atoms with Gasteiger partial charge in [-0.15, -0.1) is 0 Å². The Kier molecular flexibility index (Phi) is 6.53. The van der Waals surface area contributed by atoms with E-state index in [4.69, 9.17) is 4.74 Å². The lowest BCUT2D eigenvalue weighted by atomic mass is 10.0. The zero-order valence-electron chi connectivity index (χ0n) is 16.9. The molecule has 2 aliphatic rings. The maximum absolute atomic E-state index is 12.1. The van der Waals surface area contributed by atoms with Crippen molar-refractivity contribution >= 4 is 23.3 Å². The Morgan fingerprint density at radius 2 is 1.97 bits per heavy atom. The summed E-state index contributed by atoms with van der Waals surface area (Å²) in [5, 5.41) is 19.0. The Balaban J connectivity index is 1.66. The minimum absolute atomic E-state index is 0.0196. The monoisotopic (exact) mass is 405 g/mol. The van der Waals surface area contributed by atoms with Gasteiger partial charge in [0.25, 0.3) is 0 Å². The van der Waals surface area contributed by atoms with Gasteiger partial charge >= 0.3 is 12.1 Å². The van der Waals surface area contributed by atoms with Crippen molar-refractivity contribution in [3.8, 4) is 0 Å². The number of rotatable bonds is 7. The van der Waals surface area contributed by atoms with Gasteiger partial charge in [-0.25, -0.2) is 9.59 Å². The van der Waals surface area contributed by atoms with Crippen LogP contribution in [0, 0.1) is 0 Å². The molecule has 0 aromatic heterocycles. The van der Waals surface area contributed by atoms with Crippen LogP contribution in [0.3, 0.4) is 0 Å². The third-order valence-electron chi connectivity index (χ3n) is 5.46. The maximum atomic E-state index is 12.1. The number of carbonyl (C=O) groups is 2. The molecule has 9 nitrogen and oxygen atoms in total. The summed E-state index contributed by atoms with van der Waals surface area (Å²) in [6, 6.07) is 4.90. The Labute approximate surface area is 170 Å². The number of fused-ring (bicyclic) bond motifs is 1. The van der Waals surface area contributed by atoms with E-state index >= 15 is 0 Å². The summed E-state index contributed by atoms with van der Waals surface area (Å²) in [5.74, 6) is -0.986. The quantitative estimate of drug-likeness (QED) is 0.363. The first kappa shape index (κ1) is 21.3. The van der Waals surface area contributed by atoms with Gasteiger partial charge in [0.2, 0.25) is 0 Å². The van der Waals surface area contributed by atoms with E-state index in [9.17, 15) is 19.9 Å². The number of carboxylic acids is 1. The molecule has 0 saturated carbocycles. The SMILES string of the molecule is CCCCOC(=O)N1CCN(CC2=C[N@@+](C)(NO)c3ccc(C(=O)O)cc32)CC1. The molecular formula is C20H29N4O5+. The van der Waals surface area contributed by atoms with Gasteiger partial charge in [-0.1, -0.05) is 13.3 Å².